The monoisotopic (exact) mass is 208 g/mol. The molecule has 0 spiro atoms. The Morgan fingerprint density at radius 1 is 1.47 bits per heavy atom. The molecule has 0 aliphatic carbocycles. The molecular formula is C11H16N2O2. The second-order valence-electron chi connectivity index (χ2n) is 3.15. The number of amides is 1. The first-order valence-corrected chi connectivity index (χ1v) is 4.84. The zero-order valence-corrected chi connectivity index (χ0v) is 9.04. The van der Waals surface area contributed by atoms with Crippen molar-refractivity contribution in [2.75, 3.05) is 14.2 Å². The Morgan fingerprint density at radius 3 is 2.93 bits per heavy atom. The van der Waals surface area contributed by atoms with E-state index in [-0.39, 0.29) is 5.91 Å². The summed E-state index contributed by atoms with van der Waals surface area (Å²) in [5.41, 5.74) is 6.22. The Kier molecular flexibility index (Phi) is 4.63. The second-order valence-corrected chi connectivity index (χ2v) is 3.15. The molecule has 0 aliphatic rings. The maximum atomic E-state index is 11.2. The summed E-state index contributed by atoms with van der Waals surface area (Å²) in [6.07, 6.45) is 1.18. The van der Waals surface area contributed by atoms with E-state index in [1.807, 2.05) is 24.3 Å². The van der Waals surface area contributed by atoms with Gasteiger partial charge in [-0.3, -0.25) is 10.2 Å². The highest BCUT2D eigenvalue weighted by atomic mass is 16.5. The number of rotatable bonds is 5. The highest BCUT2D eigenvalue weighted by molar-refractivity contribution is 5.75. The molecule has 0 heterocycles. The van der Waals surface area contributed by atoms with Gasteiger partial charge < -0.3 is 4.74 Å². The number of hydrogen-bond acceptors (Lipinski definition) is 3. The second kappa shape index (κ2) is 6.03. The molecule has 0 saturated carbocycles. The SMILES string of the molecule is CNNC(=O)CCc1cccc(OC)c1. The van der Waals surface area contributed by atoms with Crippen molar-refractivity contribution in [3.8, 4) is 5.75 Å². The van der Waals surface area contributed by atoms with Crippen molar-refractivity contribution in [3.63, 3.8) is 0 Å². The Morgan fingerprint density at radius 2 is 2.27 bits per heavy atom. The Bertz CT molecular complexity index is 326. The number of hydrogen-bond donors (Lipinski definition) is 2. The Hall–Kier alpha value is -1.55. The zero-order valence-electron chi connectivity index (χ0n) is 9.04. The minimum atomic E-state index is -0.0136. The van der Waals surface area contributed by atoms with Crippen molar-refractivity contribution in [3.05, 3.63) is 29.8 Å². The van der Waals surface area contributed by atoms with E-state index >= 15 is 0 Å². The molecule has 0 bridgehead atoms. The molecule has 0 fully saturated rings. The van der Waals surface area contributed by atoms with Gasteiger partial charge in [0, 0.05) is 13.5 Å². The van der Waals surface area contributed by atoms with Gasteiger partial charge in [-0.25, -0.2) is 5.43 Å². The van der Waals surface area contributed by atoms with Gasteiger partial charge in [0.15, 0.2) is 0 Å². The molecule has 4 nitrogen and oxygen atoms in total. The van der Waals surface area contributed by atoms with Gasteiger partial charge in [0.25, 0.3) is 0 Å². The quantitative estimate of drug-likeness (QED) is 0.706. The summed E-state index contributed by atoms with van der Waals surface area (Å²) in [6, 6.07) is 7.73. The van der Waals surface area contributed by atoms with Crippen LogP contribution in [0.2, 0.25) is 0 Å². The number of methoxy groups -OCH3 is 1. The normalized spacial score (nSPS) is 9.73. The predicted molar refractivity (Wildman–Crippen MR) is 58.5 cm³/mol. The summed E-state index contributed by atoms with van der Waals surface area (Å²) in [7, 11) is 3.30. The first kappa shape index (κ1) is 11.5. The van der Waals surface area contributed by atoms with Crippen molar-refractivity contribution in [1.29, 1.82) is 0 Å². The fourth-order valence-corrected chi connectivity index (χ4v) is 1.29. The van der Waals surface area contributed by atoms with Crippen LogP contribution in [0.25, 0.3) is 0 Å². The highest BCUT2D eigenvalue weighted by Crippen LogP contribution is 2.13. The summed E-state index contributed by atoms with van der Waals surface area (Å²) in [5, 5.41) is 0. The standard InChI is InChI=1S/C11H16N2O2/c1-12-13-11(14)7-6-9-4-3-5-10(8-9)15-2/h3-5,8,12H,6-7H2,1-2H3,(H,13,14). The van der Waals surface area contributed by atoms with Gasteiger partial charge >= 0.3 is 0 Å². The van der Waals surface area contributed by atoms with Gasteiger partial charge in [-0.15, -0.1) is 0 Å². The molecule has 15 heavy (non-hydrogen) atoms. The van der Waals surface area contributed by atoms with Crippen LogP contribution in [0.1, 0.15) is 12.0 Å². The molecule has 1 amide bonds. The average molecular weight is 208 g/mol. The predicted octanol–water partition coefficient (Wildman–Crippen LogP) is 0.878. The fraction of sp³-hybridized carbons (Fsp3) is 0.364. The first-order chi connectivity index (χ1) is 7.26. The molecule has 0 unspecified atom stereocenters. The molecule has 1 aromatic carbocycles. The van der Waals surface area contributed by atoms with Crippen LogP contribution in [0.4, 0.5) is 0 Å². The van der Waals surface area contributed by atoms with Gasteiger partial charge in [0.2, 0.25) is 5.91 Å². The van der Waals surface area contributed by atoms with E-state index in [4.69, 9.17) is 4.74 Å². The maximum absolute atomic E-state index is 11.2. The zero-order chi connectivity index (χ0) is 11.1. The van der Waals surface area contributed by atoms with Crippen molar-refractivity contribution in [2.45, 2.75) is 12.8 Å². The molecule has 1 aromatic rings. The Labute approximate surface area is 89.6 Å². The van der Waals surface area contributed by atoms with Gasteiger partial charge in [-0.1, -0.05) is 12.1 Å². The maximum Gasteiger partial charge on any atom is 0.234 e. The molecule has 0 radical (unpaired) electrons. The number of carbonyl (C=O) groups is 1. The van der Waals surface area contributed by atoms with Crippen LogP contribution in [0, 0.1) is 0 Å². The van der Waals surface area contributed by atoms with Crippen LogP contribution in [0.15, 0.2) is 24.3 Å². The number of hydrazine groups is 1. The van der Waals surface area contributed by atoms with E-state index in [9.17, 15) is 4.79 Å². The van der Waals surface area contributed by atoms with Gasteiger partial charge in [-0.05, 0) is 24.1 Å². The molecule has 0 saturated heterocycles. The molecule has 2 N–H and O–H groups in total. The third kappa shape index (κ3) is 3.99. The number of ether oxygens (including phenoxy) is 1. The lowest BCUT2D eigenvalue weighted by Crippen LogP contribution is -2.34. The van der Waals surface area contributed by atoms with E-state index in [0.717, 1.165) is 11.3 Å². The molecule has 0 aromatic heterocycles. The van der Waals surface area contributed by atoms with Crippen molar-refractivity contribution >= 4 is 5.91 Å². The molecule has 1 rings (SSSR count). The summed E-state index contributed by atoms with van der Waals surface area (Å²) >= 11 is 0. The third-order valence-electron chi connectivity index (χ3n) is 2.04. The van der Waals surface area contributed by atoms with Crippen LogP contribution in [0.5, 0.6) is 5.75 Å². The van der Waals surface area contributed by atoms with Gasteiger partial charge in [-0.2, -0.15) is 0 Å². The van der Waals surface area contributed by atoms with Crippen molar-refractivity contribution < 1.29 is 9.53 Å². The summed E-state index contributed by atoms with van der Waals surface area (Å²) in [6.45, 7) is 0. The summed E-state index contributed by atoms with van der Waals surface area (Å²) in [5.74, 6) is 0.807. The van der Waals surface area contributed by atoms with Crippen LogP contribution < -0.4 is 15.6 Å². The lowest BCUT2D eigenvalue weighted by atomic mass is 10.1. The number of carbonyl (C=O) groups excluding carboxylic acids is 1. The molecular weight excluding hydrogens is 192 g/mol. The largest absolute Gasteiger partial charge is 0.497 e. The number of aryl methyl sites for hydroxylation is 1. The molecule has 0 atom stereocenters. The lowest BCUT2D eigenvalue weighted by Gasteiger charge is -2.05. The van der Waals surface area contributed by atoms with E-state index in [2.05, 4.69) is 10.9 Å². The van der Waals surface area contributed by atoms with E-state index in [1.54, 1.807) is 14.2 Å². The third-order valence-corrected chi connectivity index (χ3v) is 2.04. The minimum Gasteiger partial charge on any atom is -0.497 e. The smallest absolute Gasteiger partial charge is 0.234 e. The van der Waals surface area contributed by atoms with Crippen LogP contribution in [-0.2, 0) is 11.2 Å². The van der Waals surface area contributed by atoms with E-state index in [1.165, 1.54) is 0 Å². The fourth-order valence-electron chi connectivity index (χ4n) is 1.29. The molecule has 82 valence electrons. The van der Waals surface area contributed by atoms with Crippen LogP contribution >= 0.6 is 0 Å². The van der Waals surface area contributed by atoms with Gasteiger partial charge in [0.05, 0.1) is 7.11 Å². The topological polar surface area (TPSA) is 50.4 Å². The summed E-state index contributed by atoms with van der Waals surface area (Å²) in [4.78, 5) is 11.2. The minimum absolute atomic E-state index is 0.0136. The highest BCUT2D eigenvalue weighted by Gasteiger charge is 2.01. The van der Waals surface area contributed by atoms with Crippen LogP contribution in [0.3, 0.4) is 0 Å². The number of benzene rings is 1. The van der Waals surface area contributed by atoms with Gasteiger partial charge in [0.1, 0.15) is 5.75 Å². The Balaban J connectivity index is 2.46. The first-order valence-electron chi connectivity index (χ1n) is 4.84. The van der Waals surface area contributed by atoms with Crippen LogP contribution in [-0.4, -0.2) is 20.1 Å². The summed E-state index contributed by atoms with van der Waals surface area (Å²) < 4.78 is 5.10. The van der Waals surface area contributed by atoms with E-state index in [0.29, 0.717) is 12.8 Å². The average Bonchev–Trinajstić information content (AvgIpc) is 2.27. The number of nitrogens with one attached hydrogen (secondary N) is 2. The van der Waals surface area contributed by atoms with Crippen molar-refractivity contribution in [2.24, 2.45) is 0 Å². The molecule has 0 aliphatic heterocycles. The van der Waals surface area contributed by atoms with E-state index < -0.39 is 0 Å². The molecule has 4 heteroatoms. The van der Waals surface area contributed by atoms with Crippen molar-refractivity contribution in [1.82, 2.24) is 10.9 Å². The lowest BCUT2D eigenvalue weighted by molar-refractivity contribution is -0.121.